The van der Waals surface area contributed by atoms with E-state index >= 15 is 0 Å². The number of amides is 1. The summed E-state index contributed by atoms with van der Waals surface area (Å²) < 4.78 is 5.13. The average molecular weight is 250 g/mol. The SMILES string of the molecule is CC(=NO)c1ccc(NC(=O)OC(C)(C)C)cc1. The Morgan fingerprint density at radius 1 is 1.28 bits per heavy atom. The van der Waals surface area contributed by atoms with Gasteiger partial charge in [-0.05, 0) is 45.4 Å². The number of hydrogen-bond acceptors (Lipinski definition) is 4. The van der Waals surface area contributed by atoms with E-state index in [0.29, 0.717) is 11.4 Å². The van der Waals surface area contributed by atoms with Crippen molar-refractivity contribution in [3.8, 4) is 0 Å². The van der Waals surface area contributed by atoms with E-state index in [2.05, 4.69) is 10.5 Å². The number of hydrogen-bond donors (Lipinski definition) is 2. The molecule has 0 atom stereocenters. The smallest absolute Gasteiger partial charge is 0.412 e. The van der Waals surface area contributed by atoms with Gasteiger partial charge in [0.15, 0.2) is 0 Å². The highest BCUT2D eigenvalue weighted by atomic mass is 16.6. The van der Waals surface area contributed by atoms with Gasteiger partial charge in [-0.25, -0.2) is 4.79 Å². The average Bonchev–Trinajstić information content (AvgIpc) is 2.26. The number of ether oxygens (including phenoxy) is 1. The fourth-order valence-electron chi connectivity index (χ4n) is 1.27. The van der Waals surface area contributed by atoms with Crippen molar-refractivity contribution < 1.29 is 14.7 Å². The molecule has 0 radical (unpaired) electrons. The van der Waals surface area contributed by atoms with E-state index in [4.69, 9.17) is 9.94 Å². The largest absolute Gasteiger partial charge is 0.444 e. The van der Waals surface area contributed by atoms with E-state index in [0.717, 1.165) is 5.56 Å². The predicted molar refractivity (Wildman–Crippen MR) is 70.3 cm³/mol. The number of oxime groups is 1. The van der Waals surface area contributed by atoms with Gasteiger partial charge in [0.2, 0.25) is 0 Å². The van der Waals surface area contributed by atoms with E-state index in [-0.39, 0.29) is 0 Å². The number of benzene rings is 1. The summed E-state index contributed by atoms with van der Waals surface area (Å²) in [5.41, 5.74) is 1.40. The lowest BCUT2D eigenvalue weighted by Gasteiger charge is -2.19. The maximum atomic E-state index is 11.5. The number of nitrogens with zero attached hydrogens (tertiary/aromatic N) is 1. The molecule has 1 rings (SSSR count). The first-order valence-corrected chi connectivity index (χ1v) is 5.61. The van der Waals surface area contributed by atoms with Crippen LogP contribution >= 0.6 is 0 Å². The van der Waals surface area contributed by atoms with Crippen molar-refractivity contribution in [3.63, 3.8) is 0 Å². The van der Waals surface area contributed by atoms with Crippen molar-refractivity contribution in [1.82, 2.24) is 0 Å². The fourth-order valence-corrected chi connectivity index (χ4v) is 1.27. The first kappa shape index (κ1) is 14.0. The standard InChI is InChI=1S/C13H18N2O3/c1-9(15-17)10-5-7-11(8-6-10)14-12(16)18-13(2,3)4/h5-8,17H,1-4H3,(H,14,16). The van der Waals surface area contributed by atoms with Gasteiger partial charge in [-0.2, -0.15) is 0 Å². The van der Waals surface area contributed by atoms with Crippen LogP contribution in [0.15, 0.2) is 29.4 Å². The first-order chi connectivity index (χ1) is 8.31. The number of carbonyl (C=O) groups is 1. The lowest BCUT2D eigenvalue weighted by Crippen LogP contribution is -2.27. The maximum Gasteiger partial charge on any atom is 0.412 e. The van der Waals surface area contributed by atoms with Crippen LogP contribution < -0.4 is 5.32 Å². The van der Waals surface area contributed by atoms with Crippen molar-refractivity contribution >= 4 is 17.5 Å². The molecule has 0 aliphatic rings. The number of anilines is 1. The van der Waals surface area contributed by atoms with Gasteiger partial charge in [-0.3, -0.25) is 5.32 Å². The van der Waals surface area contributed by atoms with Gasteiger partial charge in [0, 0.05) is 5.69 Å². The molecule has 5 nitrogen and oxygen atoms in total. The molecule has 1 aromatic rings. The second kappa shape index (κ2) is 5.53. The van der Waals surface area contributed by atoms with Crippen LogP contribution in [0.3, 0.4) is 0 Å². The summed E-state index contributed by atoms with van der Waals surface area (Å²) in [5.74, 6) is 0. The minimum Gasteiger partial charge on any atom is -0.444 e. The van der Waals surface area contributed by atoms with Crippen LogP contribution in [-0.2, 0) is 4.74 Å². The van der Waals surface area contributed by atoms with Crippen molar-refractivity contribution in [2.75, 3.05) is 5.32 Å². The maximum absolute atomic E-state index is 11.5. The van der Waals surface area contributed by atoms with Gasteiger partial charge in [0.1, 0.15) is 5.60 Å². The third-order valence-corrected chi connectivity index (χ3v) is 2.10. The zero-order chi connectivity index (χ0) is 13.8. The molecule has 18 heavy (non-hydrogen) atoms. The summed E-state index contributed by atoms with van der Waals surface area (Å²) in [4.78, 5) is 11.5. The Kier molecular flexibility index (Phi) is 4.31. The predicted octanol–water partition coefficient (Wildman–Crippen LogP) is 3.23. The molecule has 0 aliphatic heterocycles. The molecule has 0 unspecified atom stereocenters. The van der Waals surface area contributed by atoms with Gasteiger partial charge >= 0.3 is 6.09 Å². The summed E-state index contributed by atoms with van der Waals surface area (Å²) in [6.45, 7) is 7.10. The monoisotopic (exact) mass is 250 g/mol. The minimum absolute atomic E-state index is 0.497. The molecule has 0 heterocycles. The molecule has 0 aliphatic carbocycles. The lowest BCUT2D eigenvalue weighted by atomic mass is 10.1. The summed E-state index contributed by atoms with van der Waals surface area (Å²) in [6.07, 6.45) is -0.497. The third-order valence-electron chi connectivity index (χ3n) is 2.10. The van der Waals surface area contributed by atoms with Crippen molar-refractivity contribution in [1.29, 1.82) is 0 Å². The molecule has 0 aromatic heterocycles. The molecular weight excluding hydrogens is 232 g/mol. The van der Waals surface area contributed by atoms with E-state index in [1.165, 1.54) is 0 Å². The summed E-state index contributed by atoms with van der Waals surface area (Å²) in [6, 6.07) is 6.94. The van der Waals surface area contributed by atoms with Gasteiger partial charge < -0.3 is 9.94 Å². The molecule has 2 N–H and O–H groups in total. The molecular formula is C13H18N2O3. The van der Waals surface area contributed by atoms with Crippen LogP contribution in [0.1, 0.15) is 33.3 Å². The Bertz CT molecular complexity index is 444. The van der Waals surface area contributed by atoms with E-state index in [1.807, 2.05) is 0 Å². The van der Waals surface area contributed by atoms with Gasteiger partial charge in [0.05, 0.1) is 5.71 Å². The summed E-state index contributed by atoms with van der Waals surface area (Å²) >= 11 is 0. The molecule has 0 saturated heterocycles. The van der Waals surface area contributed by atoms with Crippen molar-refractivity contribution in [2.24, 2.45) is 5.16 Å². The molecule has 0 bridgehead atoms. The first-order valence-electron chi connectivity index (χ1n) is 5.61. The highest BCUT2D eigenvalue weighted by Gasteiger charge is 2.16. The Hall–Kier alpha value is -2.04. The van der Waals surface area contributed by atoms with Gasteiger partial charge in [0.25, 0.3) is 0 Å². The second-order valence-electron chi connectivity index (χ2n) is 4.89. The molecule has 5 heteroatoms. The molecule has 1 amide bonds. The zero-order valence-corrected chi connectivity index (χ0v) is 11.0. The van der Waals surface area contributed by atoms with Crippen molar-refractivity contribution in [3.05, 3.63) is 29.8 Å². The normalized spacial score (nSPS) is 12.1. The summed E-state index contributed by atoms with van der Waals surface area (Å²) in [5, 5.41) is 14.4. The van der Waals surface area contributed by atoms with Crippen LogP contribution in [0.25, 0.3) is 0 Å². The third kappa shape index (κ3) is 4.45. The van der Waals surface area contributed by atoms with Gasteiger partial charge in [-0.15, -0.1) is 0 Å². The van der Waals surface area contributed by atoms with Crippen molar-refractivity contribution in [2.45, 2.75) is 33.3 Å². The minimum atomic E-state index is -0.524. The second-order valence-corrected chi connectivity index (χ2v) is 4.89. The molecule has 0 saturated carbocycles. The van der Waals surface area contributed by atoms with E-state index in [9.17, 15) is 4.79 Å². The topological polar surface area (TPSA) is 70.9 Å². The molecule has 0 fully saturated rings. The number of carbonyl (C=O) groups excluding carboxylic acids is 1. The van der Waals surface area contributed by atoms with E-state index in [1.54, 1.807) is 52.0 Å². The highest BCUT2D eigenvalue weighted by Crippen LogP contribution is 2.13. The van der Waals surface area contributed by atoms with Gasteiger partial charge in [-0.1, -0.05) is 17.3 Å². The molecule has 1 aromatic carbocycles. The molecule has 98 valence electrons. The Morgan fingerprint density at radius 3 is 2.28 bits per heavy atom. The summed E-state index contributed by atoms with van der Waals surface area (Å²) in [7, 11) is 0. The van der Waals surface area contributed by atoms with E-state index < -0.39 is 11.7 Å². The highest BCUT2D eigenvalue weighted by molar-refractivity contribution is 5.98. The Balaban J connectivity index is 2.67. The van der Waals surface area contributed by atoms with Crippen LogP contribution in [0.5, 0.6) is 0 Å². The Morgan fingerprint density at radius 2 is 1.83 bits per heavy atom. The fraction of sp³-hybridized carbons (Fsp3) is 0.385. The van der Waals surface area contributed by atoms with Crippen LogP contribution in [0, 0.1) is 0 Å². The quantitative estimate of drug-likeness (QED) is 0.481. The van der Waals surface area contributed by atoms with Crippen LogP contribution in [-0.4, -0.2) is 22.6 Å². The lowest BCUT2D eigenvalue weighted by molar-refractivity contribution is 0.0636. The number of rotatable bonds is 2. The molecule has 0 spiro atoms. The number of nitrogens with one attached hydrogen (secondary N) is 1. The van der Waals surface area contributed by atoms with Crippen LogP contribution in [0.2, 0.25) is 0 Å². The van der Waals surface area contributed by atoms with Crippen LogP contribution in [0.4, 0.5) is 10.5 Å². The Labute approximate surface area is 106 Å². The zero-order valence-electron chi connectivity index (χ0n) is 11.0.